The fourth-order valence-electron chi connectivity index (χ4n) is 2.94. The molecule has 1 heterocycles. The average Bonchev–Trinajstić information content (AvgIpc) is 2.74. The largest absolute Gasteiger partial charge is 0.272 e. The molecule has 1 N–H and O–H groups in total. The van der Waals surface area contributed by atoms with Gasteiger partial charge in [0.25, 0.3) is 5.91 Å². The van der Waals surface area contributed by atoms with Gasteiger partial charge in [0.05, 0.1) is 23.0 Å². The summed E-state index contributed by atoms with van der Waals surface area (Å²) in [6.07, 6.45) is 1.45. The summed E-state index contributed by atoms with van der Waals surface area (Å²) in [5, 5.41) is 5.24. The standard InChI is InChI=1S/C23H15ClFN3O/c24-20-7-3-1-6-18(20)22-13-19(17-5-2-4-8-21(17)27-22)23(29)28-26-14-15-9-11-16(25)12-10-15/h1-14H,(H,28,29)/b26-14+. The molecule has 0 spiro atoms. The highest BCUT2D eigenvalue weighted by atomic mass is 35.5. The second kappa shape index (κ2) is 8.20. The number of para-hydroxylation sites is 1. The Hall–Kier alpha value is -3.57. The van der Waals surface area contributed by atoms with Gasteiger partial charge in [-0.2, -0.15) is 5.10 Å². The molecule has 0 radical (unpaired) electrons. The maximum absolute atomic E-state index is 13.0. The minimum atomic E-state index is -0.379. The van der Waals surface area contributed by atoms with Gasteiger partial charge in [0, 0.05) is 16.0 Å². The molecule has 3 aromatic carbocycles. The van der Waals surface area contributed by atoms with Crippen LogP contribution in [0.5, 0.6) is 0 Å². The van der Waals surface area contributed by atoms with Crippen LogP contribution in [0.3, 0.4) is 0 Å². The van der Waals surface area contributed by atoms with Crippen LogP contribution in [-0.4, -0.2) is 17.1 Å². The van der Waals surface area contributed by atoms with Gasteiger partial charge < -0.3 is 0 Å². The first kappa shape index (κ1) is 18.8. The summed E-state index contributed by atoms with van der Waals surface area (Å²) in [5.41, 5.74) is 5.64. The number of nitrogens with zero attached hydrogens (tertiary/aromatic N) is 2. The van der Waals surface area contributed by atoms with E-state index in [0.29, 0.717) is 32.7 Å². The van der Waals surface area contributed by atoms with Crippen LogP contribution in [0.15, 0.2) is 84.0 Å². The molecule has 29 heavy (non-hydrogen) atoms. The zero-order chi connectivity index (χ0) is 20.2. The summed E-state index contributed by atoms with van der Waals surface area (Å²) in [5.74, 6) is -0.711. The number of amides is 1. The lowest BCUT2D eigenvalue weighted by atomic mass is 10.0. The number of hydrogen-bond acceptors (Lipinski definition) is 3. The molecule has 0 aliphatic carbocycles. The Balaban J connectivity index is 1.69. The molecule has 142 valence electrons. The Bertz CT molecular complexity index is 1220. The molecule has 0 aliphatic heterocycles. The maximum Gasteiger partial charge on any atom is 0.272 e. The van der Waals surface area contributed by atoms with Crippen molar-refractivity contribution in [3.63, 3.8) is 0 Å². The fraction of sp³-hybridized carbons (Fsp3) is 0. The predicted octanol–water partition coefficient (Wildman–Crippen LogP) is 5.46. The second-order valence-corrected chi connectivity index (χ2v) is 6.71. The Morgan fingerprint density at radius 2 is 1.72 bits per heavy atom. The molecule has 0 unspecified atom stereocenters. The van der Waals surface area contributed by atoms with Crippen molar-refractivity contribution in [3.05, 3.63) is 101 Å². The number of hydrazone groups is 1. The number of hydrogen-bond donors (Lipinski definition) is 1. The summed E-state index contributed by atoms with van der Waals surface area (Å²) in [7, 11) is 0. The predicted molar refractivity (Wildman–Crippen MR) is 114 cm³/mol. The molecule has 4 aromatic rings. The summed E-state index contributed by atoms with van der Waals surface area (Å²) in [4.78, 5) is 17.5. The Morgan fingerprint density at radius 3 is 2.52 bits per heavy atom. The highest BCUT2D eigenvalue weighted by Gasteiger charge is 2.14. The quantitative estimate of drug-likeness (QED) is 0.363. The molecule has 1 aromatic heterocycles. The number of carbonyl (C=O) groups is 1. The lowest BCUT2D eigenvalue weighted by Crippen LogP contribution is -2.18. The van der Waals surface area contributed by atoms with Crippen LogP contribution in [0.2, 0.25) is 5.02 Å². The van der Waals surface area contributed by atoms with Gasteiger partial charge in [-0.05, 0) is 35.9 Å². The van der Waals surface area contributed by atoms with E-state index in [1.807, 2.05) is 42.5 Å². The monoisotopic (exact) mass is 403 g/mol. The second-order valence-electron chi connectivity index (χ2n) is 6.30. The lowest BCUT2D eigenvalue weighted by molar-refractivity contribution is 0.0956. The maximum atomic E-state index is 13.0. The van der Waals surface area contributed by atoms with Gasteiger partial charge >= 0.3 is 0 Å². The van der Waals surface area contributed by atoms with E-state index in [-0.39, 0.29) is 11.7 Å². The van der Waals surface area contributed by atoms with Crippen molar-refractivity contribution >= 4 is 34.6 Å². The van der Waals surface area contributed by atoms with Crippen molar-refractivity contribution in [2.75, 3.05) is 0 Å². The van der Waals surface area contributed by atoms with Gasteiger partial charge in [0.1, 0.15) is 5.82 Å². The van der Waals surface area contributed by atoms with Crippen LogP contribution in [0.1, 0.15) is 15.9 Å². The Morgan fingerprint density at radius 1 is 1.00 bits per heavy atom. The Labute approximate surface area is 171 Å². The van der Waals surface area contributed by atoms with E-state index >= 15 is 0 Å². The van der Waals surface area contributed by atoms with Crippen molar-refractivity contribution < 1.29 is 9.18 Å². The van der Waals surface area contributed by atoms with E-state index in [1.54, 1.807) is 24.3 Å². The summed E-state index contributed by atoms with van der Waals surface area (Å²) in [6.45, 7) is 0. The van der Waals surface area contributed by atoms with Gasteiger partial charge in [0.15, 0.2) is 0 Å². The topological polar surface area (TPSA) is 54.4 Å². The third-order valence-corrected chi connectivity index (χ3v) is 4.69. The minimum Gasteiger partial charge on any atom is -0.267 e. The molecular weight excluding hydrogens is 389 g/mol. The van der Waals surface area contributed by atoms with Gasteiger partial charge in [-0.15, -0.1) is 0 Å². The highest BCUT2D eigenvalue weighted by molar-refractivity contribution is 6.33. The first-order valence-corrected chi connectivity index (χ1v) is 9.23. The molecule has 1 amide bonds. The summed E-state index contributed by atoms with van der Waals surface area (Å²) >= 11 is 6.31. The van der Waals surface area contributed by atoms with Gasteiger partial charge in [-0.3, -0.25) is 4.79 Å². The van der Waals surface area contributed by atoms with Crippen molar-refractivity contribution in [2.45, 2.75) is 0 Å². The third-order valence-electron chi connectivity index (χ3n) is 4.36. The summed E-state index contributed by atoms with van der Waals surface area (Å²) < 4.78 is 13.0. The van der Waals surface area contributed by atoms with Crippen molar-refractivity contribution in [2.24, 2.45) is 5.10 Å². The molecular formula is C23H15ClFN3O. The average molecular weight is 404 g/mol. The van der Waals surface area contributed by atoms with E-state index in [0.717, 1.165) is 5.56 Å². The number of aromatic nitrogens is 1. The van der Waals surface area contributed by atoms with Crippen LogP contribution in [0.4, 0.5) is 4.39 Å². The van der Waals surface area contributed by atoms with Crippen molar-refractivity contribution in [1.29, 1.82) is 0 Å². The zero-order valence-corrected chi connectivity index (χ0v) is 15.9. The number of carbonyl (C=O) groups excluding carboxylic acids is 1. The first-order chi connectivity index (χ1) is 14.1. The van der Waals surface area contributed by atoms with E-state index in [4.69, 9.17) is 11.6 Å². The molecule has 0 aliphatic rings. The molecule has 4 nitrogen and oxygen atoms in total. The van der Waals surface area contributed by atoms with Crippen molar-refractivity contribution in [3.8, 4) is 11.3 Å². The first-order valence-electron chi connectivity index (χ1n) is 8.85. The molecule has 0 saturated carbocycles. The molecule has 4 rings (SSSR count). The molecule has 0 saturated heterocycles. The normalized spacial score (nSPS) is 11.1. The molecule has 0 atom stereocenters. The number of rotatable bonds is 4. The highest BCUT2D eigenvalue weighted by Crippen LogP contribution is 2.29. The third kappa shape index (κ3) is 4.15. The number of benzene rings is 3. The van der Waals surface area contributed by atoms with Gasteiger partial charge in [-0.25, -0.2) is 14.8 Å². The summed E-state index contributed by atoms with van der Waals surface area (Å²) in [6, 6.07) is 22.2. The van der Waals surface area contributed by atoms with Crippen molar-refractivity contribution in [1.82, 2.24) is 10.4 Å². The minimum absolute atomic E-state index is 0.332. The van der Waals surface area contributed by atoms with Crippen LogP contribution < -0.4 is 5.43 Å². The molecule has 0 fully saturated rings. The number of halogens is 2. The number of nitrogens with one attached hydrogen (secondary N) is 1. The number of fused-ring (bicyclic) bond motifs is 1. The Kier molecular flexibility index (Phi) is 5.31. The van der Waals surface area contributed by atoms with Crippen LogP contribution in [0.25, 0.3) is 22.2 Å². The van der Waals surface area contributed by atoms with E-state index in [1.165, 1.54) is 18.3 Å². The molecule has 0 bridgehead atoms. The zero-order valence-electron chi connectivity index (χ0n) is 15.1. The van der Waals surface area contributed by atoms with Crippen LogP contribution in [0, 0.1) is 5.82 Å². The van der Waals surface area contributed by atoms with Crippen LogP contribution >= 0.6 is 11.6 Å². The lowest BCUT2D eigenvalue weighted by Gasteiger charge is -2.10. The van der Waals surface area contributed by atoms with E-state index in [9.17, 15) is 9.18 Å². The smallest absolute Gasteiger partial charge is 0.267 e. The van der Waals surface area contributed by atoms with Crippen LogP contribution in [-0.2, 0) is 0 Å². The van der Waals surface area contributed by atoms with Gasteiger partial charge in [0.2, 0.25) is 0 Å². The van der Waals surface area contributed by atoms with E-state index < -0.39 is 0 Å². The SMILES string of the molecule is O=C(N/N=C/c1ccc(F)cc1)c1cc(-c2ccccc2Cl)nc2ccccc12. The van der Waals surface area contributed by atoms with E-state index in [2.05, 4.69) is 15.5 Å². The van der Waals surface area contributed by atoms with Gasteiger partial charge in [-0.1, -0.05) is 60.1 Å². The molecule has 6 heteroatoms. The number of pyridine rings is 1. The fourth-order valence-corrected chi connectivity index (χ4v) is 3.18.